The molecule has 13 heavy (non-hydrogen) atoms. The SMILES string of the molecule is CC(C)CCCC(C)CCC([O])=O. The summed E-state index contributed by atoms with van der Waals surface area (Å²) in [5.41, 5.74) is 0. The second kappa shape index (κ2) is 6.93. The van der Waals surface area contributed by atoms with Gasteiger partial charge in [-0.15, -0.1) is 0 Å². The molecule has 0 aliphatic heterocycles. The molecule has 0 heterocycles. The van der Waals surface area contributed by atoms with E-state index in [4.69, 9.17) is 0 Å². The summed E-state index contributed by atoms with van der Waals surface area (Å²) < 4.78 is 0. The second-order valence-electron chi connectivity index (χ2n) is 4.34. The lowest BCUT2D eigenvalue weighted by molar-refractivity contribution is -0.143. The minimum atomic E-state index is -0.921. The highest BCUT2D eigenvalue weighted by Gasteiger charge is 2.06. The van der Waals surface area contributed by atoms with Crippen molar-refractivity contribution in [2.45, 2.75) is 52.9 Å². The summed E-state index contributed by atoms with van der Waals surface area (Å²) in [6.45, 7) is 6.54. The van der Waals surface area contributed by atoms with E-state index in [1.165, 1.54) is 12.8 Å². The van der Waals surface area contributed by atoms with E-state index in [0.717, 1.165) is 18.8 Å². The summed E-state index contributed by atoms with van der Waals surface area (Å²) in [4.78, 5) is 10.2. The minimum Gasteiger partial charge on any atom is -0.247 e. The topological polar surface area (TPSA) is 37.0 Å². The Hall–Kier alpha value is -0.530. The normalized spacial score (nSPS) is 13.2. The van der Waals surface area contributed by atoms with Gasteiger partial charge in [0.05, 0.1) is 6.42 Å². The summed E-state index contributed by atoms with van der Waals surface area (Å²) in [5, 5.41) is 10.2. The van der Waals surface area contributed by atoms with Gasteiger partial charge in [0.25, 0.3) is 0 Å². The summed E-state index contributed by atoms with van der Waals surface area (Å²) in [5.74, 6) is 0.362. The van der Waals surface area contributed by atoms with E-state index < -0.39 is 5.97 Å². The van der Waals surface area contributed by atoms with Crippen LogP contribution in [-0.4, -0.2) is 5.97 Å². The van der Waals surface area contributed by atoms with Crippen molar-refractivity contribution < 1.29 is 9.90 Å². The molecule has 2 heteroatoms. The molecule has 0 saturated carbocycles. The Morgan fingerprint density at radius 3 is 2.15 bits per heavy atom. The van der Waals surface area contributed by atoms with Crippen LogP contribution < -0.4 is 0 Å². The predicted octanol–water partition coefficient (Wildman–Crippen LogP) is 3.19. The van der Waals surface area contributed by atoms with Crippen LogP contribution in [0.3, 0.4) is 0 Å². The fourth-order valence-corrected chi connectivity index (χ4v) is 1.38. The van der Waals surface area contributed by atoms with Crippen LogP contribution in [0.4, 0.5) is 0 Å². The van der Waals surface area contributed by atoms with Gasteiger partial charge in [-0.1, -0.05) is 40.0 Å². The van der Waals surface area contributed by atoms with Gasteiger partial charge in [-0.2, -0.15) is 0 Å². The lowest BCUT2D eigenvalue weighted by atomic mass is 9.96. The third-order valence-corrected chi connectivity index (χ3v) is 2.32. The maximum atomic E-state index is 10.2. The molecule has 0 rings (SSSR count). The Morgan fingerprint density at radius 2 is 1.69 bits per heavy atom. The maximum Gasteiger partial charge on any atom is 0.355 e. The van der Waals surface area contributed by atoms with E-state index in [9.17, 15) is 9.90 Å². The third kappa shape index (κ3) is 9.38. The van der Waals surface area contributed by atoms with Crippen molar-refractivity contribution in [1.29, 1.82) is 0 Å². The Balaban J connectivity index is 3.30. The highest BCUT2D eigenvalue weighted by Crippen LogP contribution is 2.16. The molecule has 0 aromatic heterocycles. The lowest BCUT2D eigenvalue weighted by Gasteiger charge is -2.10. The molecule has 0 N–H and O–H groups in total. The average Bonchev–Trinajstić information content (AvgIpc) is 2.00. The van der Waals surface area contributed by atoms with Gasteiger partial charge in [0.15, 0.2) is 0 Å². The number of carbonyl (C=O) groups excluding carboxylic acids is 1. The first kappa shape index (κ1) is 12.5. The number of hydrogen-bond donors (Lipinski definition) is 0. The zero-order valence-electron chi connectivity index (χ0n) is 9.01. The summed E-state index contributed by atoms with van der Waals surface area (Å²) in [6, 6.07) is 0. The molecule has 0 amide bonds. The van der Waals surface area contributed by atoms with Gasteiger partial charge < -0.3 is 0 Å². The van der Waals surface area contributed by atoms with Gasteiger partial charge in [-0.3, -0.25) is 0 Å². The molecule has 0 spiro atoms. The molecule has 0 aromatic carbocycles. The molecule has 0 aliphatic carbocycles. The van der Waals surface area contributed by atoms with E-state index in [2.05, 4.69) is 20.8 Å². The maximum absolute atomic E-state index is 10.2. The van der Waals surface area contributed by atoms with E-state index in [1.54, 1.807) is 0 Å². The van der Waals surface area contributed by atoms with E-state index in [0.29, 0.717) is 5.92 Å². The van der Waals surface area contributed by atoms with Crippen LogP contribution >= 0.6 is 0 Å². The Labute approximate surface area is 81.3 Å². The average molecular weight is 185 g/mol. The lowest BCUT2D eigenvalue weighted by Crippen LogP contribution is -2.00. The van der Waals surface area contributed by atoms with E-state index in [-0.39, 0.29) is 6.42 Å². The Bertz CT molecular complexity index is 141. The molecule has 2 nitrogen and oxygen atoms in total. The van der Waals surface area contributed by atoms with Crippen molar-refractivity contribution in [2.75, 3.05) is 0 Å². The van der Waals surface area contributed by atoms with Gasteiger partial charge in [0, 0.05) is 0 Å². The molecular formula is C11H21O2. The molecular weight excluding hydrogens is 164 g/mol. The minimum absolute atomic E-state index is 0.211. The first-order valence-corrected chi connectivity index (χ1v) is 5.22. The van der Waals surface area contributed by atoms with Gasteiger partial charge in [0.1, 0.15) is 0 Å². The van der Waals surface area contributed by atoms with Crippen LogP contribution in [0.1, 0.15) is 52.9 Å². The van der Waals surface area contributed by atoms with Crippen LogP contribution in [0, 0.1) is 11.8 Å². The summed E-state index contributed by atoms with van der Waals surface area (Å²) >= 11 is 0. The molecule has 0 aliphatic rings. The fourth-order valence-electron chi connectivity index (χ4n) is 1.38. The molecule has 0 bridgehead atoms. The number of rotatable bonds is 7. The predicted molar refractivity (Wildman–Crippen MR) is 52.8 cm³/mol. The first-order chi connectivity index (χ1) is 6.02. The molecule has 1 atom stereocenters. The fraction of sp³-hybridized carbons (Fsp3) is 0.909. The molecule has 1 radical (unpaired) electrons. The molecule has 77 valence electrons. The van der Waals surface area contributed by atoms with Crippen molar-refractivity contribution in [3.05, 3.63) is 0 Å². The first-order valence-electron chi connectivity index (χ1n) is 5.22. The standard InChI is InChI=1S/C11H21O2/c1-9(2)5-4-6-10(3)7-8-11(12)13/h9-10H,4-8H2,1-3H3. The van der Waals surface area contributed by atoms with Crippen LogP contribution in [-0.2, 0) is 9.90 Å². The molecule has 1 unspecified atom stereocenters. The van der Waals surface area contributed by atoms with Gasteiger partial charge in [-0.25, -0.2) is 9.90 Å². The van der Waals surface area contributed by atoms with Crippen molar-refractivity contribution in [3.8, 4) is 0 Å². The van der Waals surface area contributed by atoms with Crippen molar-refractivity contribution >= 4 is 5.97 Å². The monoisotopic (exact) mass is 185 g/mol. The zero-order valence-corrected chi connectivity index (χ0v) is 9.01. The van der Waals surface area contributed by atoms with Crippen LogP contribution in [0.2, 0.25) is 0 Å². The molecule has 0 aromatic rings. The van der Waals surface area contributed by atoms with Crippen LogP contribution in [0.15, 0.2) is 0 Å². The van der Waals surface area contributed by atoms with Crippen molar-refractivity contribution in [3.63, 3.8) is 0 Å². The number of hydrogen-bond acceptors (Lipinski definition) is 1. The van der Waals surface area contributed by atoms with Crippen molar-refractivity contribution in [2.24, 2.45) is 11.8 Å². The third-order valence-electron chi connectivity index (χ3n) is 2.32. The van der Waals surface area contributed by atoms with Crippen LogP contribution in [0.5, 0.6) is 0 Å². The summed E-state index contributed by atoms with van der Waals surface area (Å²) in [7, 11) is 0. The largest absolute Gasteiger partial charge is 0.355 e. The highest BCUT2D eigenvalue weighted by atomic mass is 16.4. The Kier molecular flexibility index (Phi) is 6.65. The van der Waals surface area contributed by atoms with Gasteiger partial charge >= 0.3 is 5.97 Å². The van der Waals surface area contributed by atoms with Gasteiger partial charge in [0.2, 0.25) is 0 Å². The Morgan fingerprint density at radius 1 is 1.08 bits per heavy atom. The number of carbonyl (C=O) groups is 1. The molecule has 0 fully saturated rings. The second-order valence-corrected chi connectivity index (χ2v) is 4.34. The smallest absolute Gasteiger partial charge is 0.247 e. The quantitative estimate of drug-likeness (QED) is 0.600. The van der Waals surface area contributed by atoms with Crippen LogP contribution in [0.25, 0.3) is 0 Å². The van der Waals surface area contributed by atoms with Gasteiger partial charge in [-0.05, 0) is 18.3 Å². The van der Waals surface area contributed by atoms with E-state index >= 15 is 0 Å². The zero-order chi connectivity index (χ0) is 10.3. The highest BCUT2D eigenvalue weighted by molar-refractivity contribution is 5.66. The summed E-state index contributed by atoms with van der Waals surface area (Å²) in [6.07, 6.45) is 4.58. The van der Waals surface area contributed by atoms with Crippen molar-refractivity contribution in [1.82, 2.24) is 0 Å². The molecule has 0 saturated heterocycles. The van der Waals surface area contributed by atoms with E-state index in [1.807, 2.05) is 0 Å².